The molecule has 0 radical (unpaired) electrons. The van der Waals surface area contributed by atoms with Crippen LogP contribution in [0.3, 0.4) is 0 Å². The van der Waals surface area contributed by atoms with Gasteiger partial charge in [0.1, 0.15) is 4.90 Å². The van der Waals surface area contributed by atoms with Crippen molar-refractivity contribution in [2.75, 3.05) is 26.0 Å². The summed E-state index contributed by atoms with van der Waals surface area (Å²) in [5, 5.41) is 5.78. The molecule has 0 aromatic carbocycles. The van der Waals surface area contributed by atoms with E-state index < -0.39 is 16.0 Å². The molecular formula is C20H28N4O5S2. The zero-order chi connectivity index (χ0) is 22.4. The summed E-state index contributed by atoms with van der Waals surface area (Å²) < 4.78 is 32.4. The van der Waals surface area contributed by atoms with Gasteiger partial charge >= 0.3 is 12.0 Å². The quantitative estimate of drug-likeness (QED) is 0.444. The van der Waals surface area contributed by atoms with E-state index in [1.54, 1.807) is 26.1 Å². The first-order valence-electron chi connectivity index (χ1n) is 10.3. The van der Waals surface area contributed by atoms with Crippen LogP contribution in [0.15, 0.2) is 39.5 Å². The minimum atomic E-state index is -3.60. The van der Waals surface area contributed by atoms with Crippen molar-refractivity contribution in [3.63, 3.8) is 0 Å². The Hall–Kier alpha value is -2.11. The van der Waals surface area contributed by atoms with Gasteiger partial charge in [0.25, 0.3) is 0 Å². The molecule has 0 unspecified atom stereocenters. The number of ether oxygens (including phenoxy) is 1. The van der Waals surface area contributed by atoms with Crippen LogP contribution in [-0.2, 0) is 19.6 Å². The molecule has 0 atom stereocenters. The van der Waals surface area contributed by atoms with Crippen molar-refractivity contribution in [1.82, 2.24) is 19.9 Å². The number of hydrogen-bond acceptors (Lipinski definition) is 7. The van der Waals surface area contributed by atoms with E-state index in [1.165, 1.54) is 22.3 Å². The van der Waals surface area contributed by atoms with Gasteiger partial charge in [0.05, 0.1) is 23.8 Å². The third-order valence-corrected chi connectivity index (χ3v) is 8.28. The monoisotopic (exact) mass is 468 g/mol. The minimum absolute atomic E-state index is 0.0320. The highest BCUT2D eigenvalue weighted by atomic mass is 32.2. The van der Waals surface area contributed by atoms with E-state index in [0.717, 1.165) is 32.1 Å². The highest BCUT2D eigenvalue weighted by Gasteiger charge is 2.29. The molecule has 2 aliphatic rings. The first kappa shape index (κ1) is 23.6. The van der Waals surface area contributed by atoms with Crippen LogP contribution in [0.25, 0.3) is 0 Å². The van der Waals surface area contributed by atoms with Crippen LogP contribution in [0.4, 0.5) is 4.79 Å². The van der Waals surface area contributed by atoms with E-state index in [0.29, 0.717) is 22.0 Å². The Morgan fingerprint density at radius 3 is 2.68 bits per heavy atom. The summed E-state index contributed by atoms with van der Waals surface area (Å²) in [4.78, 5) is 28.2. The molecule has 0 bridgehead atoms. The molecule has 2 N–H and O–H groups in total. The number of nitrogens with one attached hydrogen (secondary N) is 2. The van der Waals surface area contributed by atoms with Crippen molar-refractivity contribution in [1.29, 1.82) is 0 Å². The molecule has 3 rings (SSSR count). The molecule has 1 fully saturated rings. The zero-order valence-electron chi connectivity index (χ0n) is 17.7. The third kappa shape index (κ3) is 5.78. The fourth-order valence-electron chi connectivity index (χ4n) is 3.63. The topological polar surface area (TPSA) is 118 Å². The summed E-state index contributed by atoms with van der Waals surface area (Å²) in [5.41, 5.74) is 0.824. The minimum Gasteiger partial charge on any atom is -0.463 e. The molecule has 31 heavy (non-hydrogen) atoms. The fourth-order valence-corrected chi connectivity index (χ4v) is 5.82. The van der Waals surface area contributed by atoms with Gasteiger partial charge in [-0.05, 0) is 31.9 Å². The molecule has 1 aromatic heterocycles. The number of carbonyl (C=O) groups is 2. The van der Waals surface area contributed by atoms with E-state index in [1.807, 2.05) is 0 Å². The lowest BCUT2D eigenvalue weighted by molar-refractivity contribution is -0.138. The van der Waals surface area contributed by atoms with Gasteiger partial charge in [-0.25, -0.2) is 23.0 Å². The van der Waals surface area contributed by atoms with Gasteiger partial charge in [0, 0.05) is 30.7 Å². The summed E-state index contributed by atoms with van der Waals surface area (Å²) in [5.74, 6) is -0.186. The Labute approximate surface area is 187 Å². The highest BCUT2D eigenvalue weighted by Crippen LogP contribution is 2.27. The largest absolute Gasteiger partial charge is 0.463 e. The zero-order valence-corrected chi connectivity index (χ0v) is 19.4. The van der Waals surface area contributed by atoms with E-state index in [-0.39, 0.29) is 30.1 Å². The number of thioether (sulfide) groups is 1. The Morgan fingerprint density at radius 1 is 1.29 bits per heavy atom. The standard InChI is InChI=1S/C20H28N4O5S2/c1-3-29-19(25)16-12-22-20(26)23-17(16)13-30-18-10-9-15(11-21-18)31(27,28)24(2)14-7-5-4-6-8-14/h9-11,14H,3-8,12-13H2,1-2H3,(H2,22,23,26). The molecule has 1 aliphatic heterocycles. The van der Waals surface area contributed by atoms with E-state index in [2.05, 4.69) is 15.6 Å². The molecule has 2 amide bonds. The second-order valence-electron chi connectivity index (χ2n) is 7.42. The van der Waals surface area contributed by atoms with Crippen molar-refractivity contribution in [3.8, 4) is 0 Å². The summed E-state index contributed by atoms with van der Waals surface area (Å²) >= 11 is 1.30. The predicted octanol–water partition coefficient (Wildman–Crippen LogP) is 2.26. The molecule has 0 spiro atoms. The predicted molar refractivity (Wildman–Crippen MR) is 117 cm³/mol. The molecule has 1 aromatic rings. The number of amides is 2. The molecule has 170 valence electrons. The number of carbonyl (C=O) groups excluding carboxylic acids is 2. The molecule has 2 heterocycles. The normalized spacial score (nSPS) is 18.0. The van der Waals surface area contributed by atoms with Crippen LogP contribution in [0.2, 0.25) is 0 Å². The lowest BCUT2D eigenvalue weighted by Crippen LogP contribution is -2.44. The SMILES string of the molecule is CCOC(=O)C1=C(CSc2ccc(S(=O)(=O)N(C)C3CCCCC3)cn2)NC(=O)NC1. The molecule has 0 saturated heterocycles. The van der Waals surface area contributed by atoms with Crippen molar-refractivity contribution >= 4 is 33.8 Å². The van der Waals surface area contributed by atoms with Crippen molar-refractivity contribution in [2.24, 2.45) is 0 Å². The number of nitrogens with zero attached hydrogens (tertiary/aromatic N) is 2. The molecule has 1 saturated carbocycles. The van der Waals surface area contributed by atoms with Crippen LogP contribution in [0.1, 0.15) is 39.0 Å². The Balaban J connectivity index is 1.68. The smallest absolute Gasteiger partial charge is 0.337 e. The number of pyridine rings is 1. The number of aromatic nitrogens is 1. The summed E-state index contributed by atoms with van der Waals surface area (Å²) in [6.45, 7) is 2.05. The highest BCUT2D eigenvalue weighted by molar-refractivity contribution is 7.99. The first-order valence-corrected chi connectivity index (χ1v) is 12.8. The second-order valence-corrected chi connectivity index (χ2v) is 10.4. The van der Waals surface area contributed by atoms with Gasteiger partial charge < -0.3 is 15.4 Å². The first-order chi connectivity index (χ1) is 14.8. The van der Waals surface area contributed by atoms with Gasteiger partial charge in [-0.15, -0.1) is 11.8 Å². The average Bonchev–Trinajstić information content (AvgIpc) is 2.78. The number of sulfonamides is 1. The maximum Gasteiger partial charge on any atom is 0.337 e. The van der Waals surface area contributed by atoms with Crippen LogP contribution >= 0.6 is 11.8 Å². The van der Waals surface area contributed by atoms with Crippen LogP contribution < -0.4 is 10.6 Å². The van der Waals surface area contributed by atoms with Crippen molar-refractivity contribution in [3.05, 3.63) is 29.6 Å². The number of hydrogen-bond donors (Lipinski definition) is 2. The van der Waals surface area contributed by atoms with Crippen LogP contribution in [0, 0.1) is 0 Å². The van der Waals surface area contributed by atoms with Gasteiger partial charge in [-0.2, -0.15) is 4.31 Å². The van der Waals surface area contributed by atoms with Gasteiger partial charge in [0.2, 0.25) is 10.0 Å². The average molecular weight is 469 g/mol. The Bertz CT molecular complexity index is 941. The number of esters is 1. The Kier molecular flexibility index (Phi) is 7.95. The maximum absolute atomic E-state index is 12.9. The number of rotatable bonds is 8. The van der Waals surface area contributed by atoms with E-state index in [4.69, 9.17) is 4.74 Å². The summed E-state index contributed by atoms with van der Waals surface area (Å²) in [6.07, 6.45) is 6.38. The summed E-state index contributed by atoms with van der Waals surface area (Å²) in [7, 11) is -1.96. The maximum atomic E-state index is 12.9. The van der Waals surface area contributed by atoms with Gasteiger partial charge in [-0.3, -0.25) is 0 Å². The van der Waals surface area contributed by atoms with Crippen LogP contribution in [0.5, 0.6) is 0 Å². The van der Waals surface area contributed by atoms with Gasteiger partial charge in [0.15, 0.2) is 0 Å². The van der Waals surface area contributed by atoms with Crippen molar-refractivity contribution < 1.29 is 22.7 Å². The Morgan fingerprint density at radius 2 is 2.03 bits per heavy atom. The van der Waals surface area contributed by atoms with Crippen molar-refractivity contribution in [2.45, 2.75) is 55.0 Å². The molecule has 11 heteroatoms. The molecular weight excluding hydrogens is 440 g/mol. The fraction of sp³-hybridized carbons (Fsp3) is 0.550. The van der Waals surface area contributed by atoms with Crippen LogP contribution in [-0.4, -0.2) is 61.7 Å². The summed E-state index contributed by atoms with van der Waals surface area (Å²) in [6, 6.07) is 2.83. The third-order valence-electron chi connectivity index (χ3n) is 5.42. The van der Waals surface area contributed by atoms with E-state index in [9.17, 15) is 18.0 Å². The number of urea groups is 1. The van der Waals surface area contributed by atoms with E-state index >= 15 is 0 Å². The lowest BCUT2D eigenvalue weighted by Gasteiger charge is -2.30. The molecule has 1 aliphatic carbocycles. The molecule has 9 nitrogen and oxygen atoms in total. The second kappa shape index (κ2) is 10.5. The lowest BCUT2D eigenvalue weighted by atomic mass is 9.96. The van der Waals surface area contributed by atoms with Gasteiger partial charge in [-0.1, -0.05) is 19.3 Å².